The number of hydrogen-bond donors (Lipinski definition) is 1. The number of rotatable bonds is 2. The summed E-state index contributed by atoms with van der Waals surface area (Å²) in [5.41, 5.74) is 5.52. The van der Waals surface area contributed by atoms with Crippen LogP contribution in [-0.4, -0.2) is 29.9 Å². The van der Waals surface area contributed by atoms with Gasteiger partial charge in [0.05, 0.1) is 12.0 Å². The Hall–Kier alpha value is -1.08. The highest BCUT2D eigenvalue weighted by atomic mass is 16.2. The second-order valence-corrected chi connectivity index (χ2v) is 3.64. The molecule has 1 fully saturated rings. The molecule has 0 aliphatic carbocycles. The summed E-state index contributed by atoms with van der Waals surface area (Å²) in [6, 6.07) is 2.09. The van der Waals surface area contributed by atoms with Crippen molar-refractivity contribution in [2.24, 2.45) is 11.7 Å². The lowest BCUT2D eigenvalue weighted by molar-refractivity contribution is -0.130. The topological polar surface area (TPSA) is 70.1 Å². The van der Waals surface area contributed by atoms with E-state index in [-0.39, 0.29) is 17.9 Å². The average molecular weight is 181 g/mol. The van der Waals surface area contributed by atoms with E-state index in [1.54, 1.807) is 4.90 Å². The highest BCUT2D eigenvalue weighted by Crippen LogP contribution is 2.15. The molecule has 1 rings (SSSR count). The summed E-state index contributed by atoms with van der Waals surface area (Å²) in [7, 11) is 0. The van der Waals surface area contributed by atoms with Crippen LogP contribution in [0.1, 0.15) is 19.8 Å². The van der Waals surface area contributed by atoms with Gasteiger partial charge in [0.25, 0.3) is 0 Å². The van der Waals surface area contributed by atoms with Crippen molar-refractivity contribution >= 4 is 5.91 Å². The van der Waals surface area contributed by atoms with Crippen LogP contribution in [0.5, 0.6) is 0 Å². The van der Waals surface area contributed by atoms with Gasteiger partial charge >= 0.3 is 0 Å². The van der Waals surface area contributed by atoms with E-state index in [1.807, 2.05) is 6.92 Å². The lowest BCUT2D eigenvalue weighted by Crippen LogP contribution is -2.33. The van der Waals surface area contributed by atoms with Gasteiger partial charge in [-0.1, -0.05) is 0 Å². The zero-order valence-electron chi connectivity index (χ0n) is 7.86. The Morgan fingerprint density at radius 2 is 2.54 bits per heavy atom. The number of hydrogen-bond acceptors (Lipinski definition) is 3. The van der Waals surface area contributed by atoms with Gasteiger partial charge in [-0.25, -0.2) is 0 Å². The molecule has 0 radical (unpaired) electrons. The van der Waals surface area contributed by atoms with Gasteiger partial charge in [-0.3, -0.25) is 4.79 Å². The highest BCUT2D eigenvalue weighted by Gasteiger charge is 2.25. The average Bonchev–Trinajstić information content (AvgIpc) is 2.50. The fourth-order valence-corrected chi connectivity index (χ4v) is 1.50. The van der Waals surface area contributed by atoms with Crippen molar-refractivity contribution < 1.29 is 4.79 Å². The van der Waals surface area contributed by atoms with Crippen molar-refractivity contribution in [2.45, 2.75) is 25.8 Å². The van der Waals surface area contributed by atoms with E-state index < -0.39 is 0 Å². The minimum Gasteiger partial charge on any atom is -0.341 e. The number of nitrogens with two attached hydrogens (primary N) is 1. The predicted molar refractivity (Wildman–Crippen MR) is 48.6 cm³/mol. The molecule has 13 heavy (non-hydrogen) atoms. The predicted octanol–water partition coefficient (Wildman–Crippen LogP) is 0.0958. The Morgan fingerprint density at radius 1 is 1.85 bits per heavy atom. The smallest absolute Gasteiger partial charge is 0.224 e. The maximum absolute atomic E-state index is 11.5. The second-order valence-electron chi connectivity index (χ2n) is 3.64. The van der Waals surface area contributed by atoms with Gasteiger partial charge < -0.3 is 10.6 Å². The Morgan fingerprint density at radius 3 is 3.00 bits per heavy atom. The van der Waals surface area contributed by atoms with Crippen LogP contribution in [-0.2, 0) is 4.79 Å². The summed E-state index contributed by atoms with van der Waals surface area (Å²) < 4.78 is 0. The molecule has 1 heterocycles. The van der Waals surface area contributed by atoms with Crippen molar-refractivity contribution in [3.05, 3.63) is 0 Å². The third-order valence-corrected chi connectivity index (χ3v) is 2.22. The van der Waals surface area contributed by atoms with Gasteiger partial charge in [0.2, 0.25) is 5.91 Å². The molecule has 2 N–H and O–H groups in total. The van der Waals surface area contributed by atoms with Crippen LogP contribution in [0.25, 0.3) is 0 Å². The second kappa shape index (κ2) is 4.24. The highest BCUT2D eigenvalue weighted by molar-refractivity contribution is 5.77. The fraction of sp³-hybridized carbons (Fsp3) is 0.778. The zero-order chi connectivity index (χ0) is 9.84. The lowest BCUT2D eigenvalue weighted by atomic mass is 10.1. The van der Waals surface area contributed by atoms with Crippen LogP contribution >= 0.6 is 0 Å². The molecule has 0 saturated carbocycles. The van der Waals surface area contributed by atoms with Crippen LogP contribution < -0.4 is 5.73 Å². The van der Waals surface area contributed by atoms with Crippen molar-refractivity contribution in [3.63, 3.8) is 0 Å². The van der Waals surface area contributed by atoms with E-state index in [4.69, 9.17) is 11.0 Å². The molecule has 1 amide bonds. The molecule has 72 valence electrons. The Bertz CT molecular complexity index is 232. The quantitative estimate of drug-likeness (QED) is 0.656. The molecular weight excluding hydrogens is 166 g/mol. The third kappa shape index (κ3) is 2.71. The number of carbonyl (C=O) groups excluding carboxylic acids is 1. The van der Waals surface area contributed by atoms with E-state index in [0.717, 1.165) is 6.42 Å². The summed E-state index contributed by atoms with van der Waals surface area (Å²) >= 11 is 0. The standard InChI is InChI=1S/C9H15N3O/c1-7(11)4-9(13)12-3-2-8(5-10)6-12/h7-8H,2-4,6,11H2,1H3. The third-order valence-electron chi connectivity index (χ3n) is 2.22. The number of nitriles is 1. The molecule has 2 unspecified atom stereocenters. The molecule has 0 bridgehead atoms. The molecule has 0 aromatic rings. The number of carbonyl (C=O) groups is 1. The molecule has 0 aromatic heterocycles. The zero-order valence-corrected chi connectivity index (χ0v) is 7.86. The van der Waals surface area contributed by atoms with Gasteiger partial charge in [-0.2, -0.15) is 5.26 Å². The van der Waals surface area contributed by atoms with E-state index in [9.17, 15) is 4.79 Å². The molecule has 0 aromatic carbocycles. The first-order valence-corrected chi connectivity index (χ1v) is 4.56. The summed E-state index contributed by atoms with van der Waals surface area (Å²) in [5.74, 6) is 0.102. The summed E-state index contributed by atoms with van der Waals surface area (Å²) in [4.78, 5) is 13.2. The SMILES string of the molecule is CC(N)CC(=O)N1CCC(C#N)C1. The number of nitrogens with zero attached hydrogens (tertiary/aromatic N) is 2. The van der Waals surface area contributed by atoms with E-state index in [0.29, 0.717) is 19.5 Å². The van der Waals surface area contributed by atoms with Crippen molar-refractivity contribution in [1.29, 1.82) is 5.26 Å². The largest absolute Gasteiger partial charge is 0.341 e. The Kier molecular flexibility index (Phi) is 3.26. The molecule has 1 aliphatic heterocycles. The van der Waals surface area contributed by atoms with E-state index in [1.165, 1.54) is 0 Å². The van der Waals surface area contributed by atoms with Crippen LogP contribution in [0, 0.1) is 17.2 Å². The minimum atomic E-state index is -0.0892. The van der Waals surface area contributed by atoms with Crippen molar-refractivity contribution in [3.8, 4) is 6.07 Å². The van der Waals surface area contributed by atoms with Crippen LogP contribution in [0.4, 0.5) is 0 Å². The van der Waals surface area contributed by atoms with Crippen molar-refractivity contribution in [2.75, 3.05) is 13.1 Å². The molecule has 4 nitrogen and oxygen atoms in total. The van der Waals surface area contributed by atoms with Gasteiger partial charge in [-0.15, -0.1) is 0 Å². The summed E-state index contributed by atoms with van der Waals surface area (Å²) in [6.45, 7) is 3.11. The molecule has 4 heteroatoms. The first-order valence-electron chi connectivity index (χ1n) is 4.56. The molecule has 2 atom stereocenters. The summed E-state index contributed by atoms with van der Waals surface area (Å²) in [6.07, 6.45) is 1.19. The van der Waals surface area contributed by atoms with E-state index >= 15 is 0 Å². The van der Waals surface area contributed by atoms with Gasteiger partial charge in [0, 0.05) is 25.6 Å². The van der Waals surface area contributed by atoms with E-state index in [2.05, 4.69) is 6.07 Å². The van der Waals surface area contributed by atoms with Gasteiger partial charge in [0.1, 0.15) is 0 Å². The fourth-order valence-electron chi connectivity index (χ4n) is 1.50. The summed E-state index contributed by atoms with van der Waals surface area (Å²) in [5, 5.41) is 8.63. The molecule has 1 aliphatic rings. The number of likely N-dealkylation sites (tertiary alicyclic amines) is 1. The van der Waals surface area contributed by atoms with Gasteiger partial charge in [0.15, 0.2) is 0 Å². The van der Waals surface area contributed by atoms with Crippen molar-refractivity contribution in [1.82, 2.24) is 4.90 Å². The van der Waals surface area contributed by atoms with Crippen LogP contribution in [0.3, 0.4) is 0 Å². The maximum Gasteiger partial charge on any atom is 0.224 e. The first kappa shape index (κ1) is 10.0. The lowest BCUT2D eigenvalue weighted by Gasteiger charge is -2.16. The molecule has 1 saturated heterocycles. The van der Waals surface area contributed by atoms with Crippen LogP contribution in [0.2, 0.25) is 0 Å². The number of amides is 1. The monoisotopic (exact) mass is 181 g/mol. The normalized spacial score (nSPS) is 24.1. The Balaban J connectivity index is 2.38. The maximum atomic E-state index is 11.5. The van der Waals surface area contributed by atoms with Crippen LogP contribution in [0.15, 0.2) is 0 Å². The Labute approximate surface area is 78.3 Å². The first-order chi connectivity index (χ1) is 6.13. The minimum absolute atomic E-state index is 0.0250. The van der Waals surface area contributed by atoms with Gasteiger partial charge in [-0.05, 0) is 13.3 Å². The molecular formula is C9H15N3O. The molecule has 0 spiro atoms.